The number of aromatic nitrogens is 4. The predicted octanol–water partition coefficient (Wildman–Crippen LogP) is 3.45. The van der Waals surface area contributed by atoms with Crippen LogP contribution in [0.3, 0.4) is 0 Å². The Morgan fingerprint density at radius 1 is 1.06 bits per heavy atom. The summed E-state index contributed by atoms with van der Waals surface area (Å²) in [6, 6.07) is 7.47. The van der Waals surface area contributed by atoms with Crippen molar-refractivity contribution in [3.63, 3.8) is 0 Å². The number of hydrogen-bond acceptors (Lipinski definition) is 8. The van der Waals surface area contributed by atoms with Crippen LogP contribution >= 0.6 is 23.2 Å². The molecule has 13 heteroatoms. The second-order valence-corrected chi connectivity index (χ2v) is 7.84. The zero-order valence-electron chi connectivity index (χ0n) is 17.1. The standard InChI is InChI=1S/C21H14Cl2F2N8O/c22-13-1-2-14(23)17-16(13)20(34)33(11-6-9(24)5-10(25)7-11)15(30-17)3-4-29-19-12(8-26)18(27)31-21(28)32-19/h1-2,5-7H,3-4H2,(H5,27,28,29,31,32). The number of nitrogens with two attached hydrogens (primary N) is 2. The number of rotatable bonds is 5. The van der Waals surface area contributed by atoms with E-state index in [9.17, 15) is 18.8 Å². The number of nitriles is 1. The van der Waals surface area contributed by atoms with E-state index in [2.05, 4.69) is 20.3 Å². The quantitative estimate of drug-likeness (QED) is 0.375. The first-order valence-corrected chi connectivity index (χ1v) is 10.4. The van der Waals surface area contributed by atoms with Gasteiger partial charge in [-0.15, -0.1) is 0 Å². The number of halogens is 4. The number of nitrogens with zero attached hydrogens (tertiary/aromatic N) is 5. The van der Waals surface area contributed by atoms with E-state index in [-0.39, 0.29) is 68.6 Å². The van der Waals surface area contributed by atoms with Gasteiger partial charge in [0.15, 0.2) is 5.82 Å². The van der Waals surface area contributed by atoms with Gasteiger partial charge in [0.05, 0.1) is 26.6 Å². The van der Waals surface area contributed by atoms with Gasteiger partial charge in [-0.3, -0.25) is 9.36 Å². The van der Waals surface area contributed by atoms with Crippen LogP contribution in [0.2, 0.25) is 10.0 Å². The van der Waals surface area contributed by atoms with E-state index in [4.69, 9.17) is 34.7 Å². The van der Waals surface area contributed by atoms with Crippen LogP contribution in [0.5, 0.6) is 0 Å². The van der Waals surface area contributed by atoms with Gasteiger partial charge in [-0.2, -0.15) is 15.2 Å². The fraction of sp³-hybridized carbons (Fsp3) is 0.0952. The molecule has 0 aliphatic heterocycles. The summed E-state index contributed by atoms with van der Waals surface area (Å²) in [7, 11) is 0. The minimum Gasteiger partial charge on any atom is -0.382 e. The Labute approximate surface area is 200 Å². The molecule has 172 valence electrons. The highest BCUT2D eigenvalue weighted by molar-refractivity contribution is 6.39. The first-order chi connectivity index (χ1) is 16.2. The molecule has 4 rings (SSSR count). The normalized spacial score (nSPS) is 10.9. The Morgan fingerprint density at radius 2 is 1.74 bits per heavy atom. The fourth-order valence-corrected chi connectivity index (χ4v) is 3.82. The number of fused-ring (bicyclic) bond motifs is 1. The van der Waals surface area contributed by atoms with Crippen LogP contribution in [0.15, 0.2) is 35.1 Å². The molecule has 2 heterocycles. The number of hydrogen-bond donors (Lipinski definition) is 3. The summed E-state index contributed by atoms with van der Waals surface area (Å²) in [5.41, 5.74) is 10.7. The van der Waals surface area contributed by atoms with Crippen molar-refractivity contribution in [3.8, 4) is 11.8 Å². The smallest absolute Gasteiger partial charge is 0.267 e. The van der Waals surface area contributed by atoms with E-state index >= 15 is 0 Å². The summed E-state index contributed by atoms with van der Waals surface area (Å²) < 4.78 is 29.0. The molecule has 0 fully saturated rings. The van der Waals surface area contributed by atoms with Gasteiger partial charge in [-0.25, -0.2) is 13.8 Å². The summed E-state index contributed by atoms with van der Waals surface area (Å²) in [5.74, 6) is -1.80. The van der Waals surface area contributed by atoms with Crippen molar-refractivity contribution in [3.05, 3.63) is 73.8 Å². The third kappa shape index (κ3) is 4.28. The van der Waals surface area contributed by atoms with Crippen LogP contribution < -0.4 is 22.3 Å². The lowest BCUT2D eigenvalue weighted by Crippen LogP contribution is -2.26. The van der Waals surface area contributed by atoms with E-state index < -0.39 is 17.2 Å². The van der Waals surface area contributed by atoms with Crippen LogP contribution in [0.4, 0.5) is 26.4 Å². The molecule has 9 nitrogen and oxygen atoms in total. The molecule has 0 amide bonds. The van der Waals surface area contributed by atoms with Crippen LogP contribution in [-0.4, -0.2) is 26.1 Å². The Bertz CT molecular complexity index is 1530. The average Bonchev–Trinajstić information content (AvgIpc) is 2.75. The fourth-order valence-electron chi connectivity index (χ4n) is 3.39. The molecule has 4 aromatic rings. The minimum absolute atomic E-state index is 0.00124. The Morgan fingerprint density at radius 3 is 2.41 bits per heavy atom. The second kappa shape index (κ2) is 9.09. The molecule has 0 spiro atoms. The van der Waals surface area contributed by atoms with Gasteiger partial charge >= 0.3 is 0 Å². The van der Waals surface area contributed by atoms with Crippen molar-refractivity contribution in [1.29, 1.82) is 5.26 Å². The molecular formula is C21H14Cl2F2N8O. The maximum absolute atomic E-state index is 14.0. The lowest BCUT2D eigenvalue weighted by Gasteiger charge is -2.16. The molecule has 0 radical (unpaired) electrons. The average molecular weight is 503 g/mol. The lowest BCUT2D eigenvalue weighted by atomic mass is 10.2. The maximum Gasteiger partial charge on any atom is 0.267 e. The number of nitrogens with one attached hydrogen (secondary N) is 1. The van der Waals surface area contributed by atoms with E-state index in [0.29, 0.717) is 6.07 Å². The highest BCUT2D eigenvalue weighted by Gasteiger charge is 2.19. The van der Waals surface area contributed by atoms with E-state index in [1.807, 2.05) is 6.07 Å². The van der Waals surface area contributed by atoms with E-state index in [0.717, 1.165) is 16.7 Å². The van der Waals surface area contributed by atoms with Crippen molar-refractivity contribution in [2.45, 2.75) is 6.42 Å². The molecule has 0 aliphatic rings. The van der Waals surface area contributed by atoms with Crippen LogP contribution in [0.25, 0.3) is 16.6 Å². The van der Waals surface area contributed by atoms with Crippen LogP contribution in [0.1, 0.15) is 11.4 Å². The van der Waals surface area contributed by atoms with Crippen molar-refractivity contribution < 1.29 is 8.78 Å². The molecule has 0 atom stereocenters. The maximum atomic E-state index is 14.0. The first kappa shape index (κ1) is 23.2. The van der Waals surface area contributed by atoms with Gasteiger partial charge in [-0.1, -0.05) is 23.2 Å². The third-order valence-corrected chi connectivity index (χ3v) is 5.43. The molecule has 0 aliphatic carbocycles. The number of anilines is 3. The number of benzene rings is 2. The summed E-state index contributed by atoms with van der Waals surface area (Å²) >= 11 is 12.5. The summed E-state index contributed by atoms with van der Waals surface area (Å²) in [5, 5.41) is 12.5. The van der Waals surface area contributed by atoms with Gasteiger partial charge < -0.3 is 16.8 Å². The largest absolute Gasteiger partial charge is 0.382 e. The zero-order valence-corrected chi connectivity index (χ0v) is 18.6. The molecule has 0 bridgehead atoms. The van der Waals surface area contributed by atoms with Gasteiger partial charge in [-0.05, 0) is 24.3 Å². The number of nitrogen functional groups attached to an aromatic ring is 2. The third-order valence-electron chi connectivity index (χ3n) is 4.81. The summed E-state index contributed by atoms with van der Waals surface area (Å²) in [6.45, 7) is 0.0818. The van der Waals surface area contributed by atoms with Crippen LogP contribution in [-0.2, 0) is 6.42 Å². The van der Waals surface area contributed by atoms with Crippen LogP contribution in [0, 0.1) is 23.0 Å². The van der Waals surface area contributed by atoms with Gasteiger partial charge in [0, 0.05) is 19.0 Å². The molecule has 2 aromatic carbocycles. The zero-order chi connectivity index (χ0) is 24.6. The highest BCUT2D eigenvalue weighted by Crippen LogP contribution is 2.27. The summed E-state index contributed by atoms with van der Waals surface area (Å²) in [4.78, 5) is 25.5. The SMILES string of the molecule is N#Cc1c(N)nc(N)nc1NCCc1nc2c(Cl)ccc(Cl)c2c(=O)n1-c1cc(F)cc(F)c1. The van der Waals surface area contributed by atoms with Crippen molar-refractivity contribution in [1.82, 2.24) is 19.5 Å². The molecular weight excluding hydrogens is 489 g/mol. The van der Waals surface area contributed by atoms with Gasteiger partial charge in [0.2, 0.25) is 5.95 Å². The Kier molecular flexibility index (Phi) is 6.19. The second-order valence-electron chi connectivity index (χ2n) is 7.03. The topological polar surface area (TPSA) is 149 Å². The van der Waals surface area contributed by atoms with Crippen molar-refractivity contribution in [2.75, 3.05) is 23.3 Å². The molecule has 2 aromatic heterocycles. The van der Waals surface area contributed by atoms with E-state index in [1.165, 1.54) is 12.1 Å². The van der Waals surface area contributed by atoms with Crippen molar-refractivity contribution in [2.24, 2.45) is 0 Å². The van der Waals surface area contributed by atoms with E-state index in [1.54, 1.807) is 0 Å². The first-order valence-electron chi connectivity index (χ1n) is 9.62. The Balaban J connectivity index is 1.83. The van der Waals surface area contributed by atoms with Gasteiger partial charge in [0.25, 0.3) is 5.56 Å². The molecule has 5 N–H and O–H groups in total. The summed E-state index contributed by atoms with van der Waals surface area (Å²) in [6.07, 6.45) is 0.0425. The minimum atomic E-state index is -0.881. The molecule has 0 unspecified atom stereocenters. The van der Waals surface area contributed by atoms with Crippen molar-refractivity contribution >= 4 is 51.7 Å². The lowest BCUT2D eigenvalue weighted by molar-refractivity contribution is 0.580. The van der Waals surface area contributed by atoms with Gasteiger partial charge in [0.1, 0.15) is 34.9 Å². The highest BCUT2D eigenvalue weighted by atomic mass is 35.5. The Hall–Kier alpha value is -4.01. The molecule has 0 saturated carbocycles. The molecule has 34 heavy (non-hydrogen) atoms. The monoisotopic (exact) mass is 502 g/mol. The molecule has 0 saturated heterocycles. The predicted molar refractivity (Wildman–Crippen MR) is 125 cm³/mol.